The van der Waals surface area contributed by atoms with Gasteiger partial charge in [0.05, 0.1) is 0 Å². The predicted octanol–water partition coefficient (Wildman–Crippen LogP) is 4.14. The van der Waals surface area contributed by atoms with Crippen molar-refractivity contribution >= 4 is 15.9 Å². The van der Waals surface area contributed by atoms with Crippen LogP contribution in [0.1, 0.15) is 39.3 Å². The number of hydrogen-bond donors (Lipinski definition) is 1. The molecule has 0 amide bonds. The Bertz CT molecular complexity index is 309. The SMILES string of the molecule is CC(C)[C@H](C)N[C@@H](C)c1ccccc1Br. The van der Waals surface area contributed by atoms with Gasteiger partial charge in [0.25, 0.3) is 0 Å². The Morgan fingerprint density at radius 3 is 2.20 bits per heavy atom. The summed E-state index contributed by atoms with van der Waals surface area (Å²) >= 11 is 3.58. The summed E-state index contributed by atoms with van der Waals surface area (Å²) in [6, 6.07) is 9.30. The molecule has 2 heteroatoms. The highest BCUT2D eigenvalue weighted by Gasteiger charge is 2.13. The van der Waals surface area contributed by atoms with Crippen LogP contribution in [0.2, 0.25) is 0 Å². The number of benzene rings is 1. The van der Waals surface area contributed by atoms with Crippen LogP contribution in [0.5, 0.6) is 0 Å². The van der Waals surface area contributed by atoms with Crippen molar-refractivity contribution in [2.45, 2.75) is 39.8 Å². The Kier molecular flexibility index (Phi) is 4.81. The molecule has 0 heterocycles. The monoisotopic (exact) mass is 269 g/mol. The van der Waals surface area contributed by atoms with E-state index in [1.54, 1.807) is 0 Å². The molecule has 15 heavy (non-hydrogen) atoms. The Morgan fingerprint density at radius 1 is 1.07 bits per heavy atom. The van der Waals surface area contributed by atoms with Crippen LogP contribution in [-0.4, -0.2) is 6.04 Å². The van der Waals surface area contributed by atoms with Crippen molar-refractivity contribution in [3.05, 3.63) is 34.3 Å². The molecule has 1 aromatic carbocycles. The zero-order valence-corrected chi connectivity index (χ0v) is 11.5. The lowest BCUT2D eigenvalue weighted by molar-refractivity contribution is 0.388. The highest BCUT2D eigenvalue weighted by Crippen LogP contribution is 2.23. The molecule has 84 valence electrons. The minimum absolute atomic E-state index is 0.387. The molecule has 0 aliphatic rings. The van der Waals surface area contributed by atoms with E-state index in [-0.39, 0.29) is 0 Å². The summed E-state index contributed by atoms with van der Waals surface area (Å²) in [5, 5.41) is 3.61. The van der Waals surface area contributed by atoms with Crippen molar-refractivity contribution in [2.24, 2.45) is 5.92 Å². The number of rotatable bonds is 4. The van der Waals surface area contributed by atoms with E-state index in [9.17, 15) is 0 Å². The molecule has 0 aromatic heterocycles. The van der Waals surface area contributed by atoms with Crippen LogP contribution in [-0.2, 0) is 0 Å². The van der Waals surface area contributed by atoms with Gasteiger partial charge >= 0.3 is 0 Å². The van der Waals surface area contributed by atoms with Gasteiger partial charge in [-0.2, -0.15) is 0 Å². The summed E-state index contributed by atoms with van der Waals surface area (Å²) in [5.41, 5.74) is 1.32. The van der Waals surface area contributed by atoms with Crippen LogP contribution in [0, 0.1) is 5.92 Å². The van der Waals surface area contributed by atoms with Gasteiger partial charge in [0.1, 0.15) is 0 Å². The molecule has 0 aliphatic carbocycles. The Balaban J connectivity index is 2.69. The molecule has 0 saturated heterocycles. The maximum absolute atomic E-state index is 3.61. The van der Waals surface area contributed by atoms with E-state index in [1.807, 2.05) is 6.07 Å². The van der Waals surface area contributed by atoms with Crippen molar-refractivity contribution in [2.75, 3.05) is 0 Å². The van der Waals surface area contributed by atoms with Crippen LogP contribution in [0.25, 0.3) is 0 Å². The summed E-state index contributed by atoms with van der Waals surface area (Å²) in [6.45, 7) is 8.92. The molecule has 0 radical (unpaired) electrons. The number of halogens is 1. The van der Waals surface area contributed by atoms with Gasteiger partial charge in [0, 0.05) is 16.6 Å². The Labute approximate surface area is 101 Å². The average Bonchev–Trinajstić information content (AvgIpc) is 2.18. The molecule has 0 spiro atoms. The van der Waals surface area contributed by atoms with Gasteiger partial charge in [0.15, 0.2) is 0 Å². The second kappa shape index (κ2) is 5.66. The summed E-state index contributed by atoms with van der Waals surface area (Å²) in [6.07, 6.45) is 0. The minimum Gasteiger partial charge on any atom is -0.307 e. The summed E-state index contributed by atoms with van der Waals surface area (Å²) in [7, 11) is 0. The fraction of sp³-hybridized carbons (Fsp3) is 0.538. The molecule has 1 N–H and O–H groups in total. The molecule has 0 unspecified atom stereocenters. The van der Waals surface area contributed by atoms with Gasteiger partial charge in [-0.05, 0) is 31.4 Å². The first-order valence-electron chi connectivity index (χ1n) is 5.53. The molecule has 2 atom stereocenters. The molecule has 0 fully saturated rings. The van der Waals surface area contributed by atoms with Crippen LogP contribution >= 0.6 is 15.9 Å². The minimum atomic E-state index is 0.387. The highest BCUT2D eigenvalue weighted by molar-refractivity contribution is 9.10. The molecule has 1 nitrogen and oxygen atoms in total. The number of nitrogens with one attached hydrogen (secondary N) is 1. The normalized spacial score (nSPS) is 15.3. The average molecular weight is 270 g/mol. The van der Waals surface area contributed by atoms with E-state index < -0.39 is 0 Å². The molecule has 1 rings (SSSR count). The van der Waals surface area contributed by atoms with Gasteiger partial charge in [-0.15, -0.1) is 0 Å². The van der Waals surface area contributed by atoms with Gasteiger partial charge in [0.2, 0.25) is 0 Å². The largest absolute Gasteiger partial charge is 0.307 e. The Morgan fingerprint density at radius 2 is 1.67 bits per heavy atom. The van der Waals surface area contributed by atoms with Gasteiger partial charge in [-0.3, -0.25) is 0 Å². The molecule has 0 aliphatic heterocycles. The summed E-state index contributed by atoms with van der Waals surface area (Å²) < 4.78 is 1.18. The van der Waals surface area contributed by atoms with Crippen molar-refractivity contribution < 1.29 is 0 Å². The van der Waals surface area contributed by atoms with E-state index in [4.69, 9.17) is 0 Å². The molecule has 1 aromatic rings. The third kappa shape index (κ3) is 3.62. The lowest BCUT2D eigenvalue weighted by Gasteiger charge is -2.23. The van der Waals surface area contributed by atoms with E-state index in [1.165, 1.54) is 10.0 Å². The van der Waals surface area contributed by atoms with Gasteiger partial charge in [-0.25, -0.2) is 0 Å². The summed E-state index contributed by atoms with van der Waals surface area (Å²) in [5.74, 6) is 0.662. The third-order valence-electron chi connectivity index (χ3n) is 2.88. The zero-order chi connectivity index (χ0) is 11.4. The van der Waals surface area contributed by atoms with Gasteiger partial charge < -0.3 is 5.32 Å². The second-order valence-electron chi connectivity index (χ2n) is 4.44. The smallest absolute Gasteiger partial charge is 0.0305 e. The fourth-order valence-corrected chi connectivity index (χ4v) is 2.13. The third-order valence-corrected chi connectivity index (χ3v) is 3.61. The Hall–Kier alpha value is -0.340. The lowest BCUT2D eigenvalue weighted by atomic mass is 10.0. The van der Waals surface area contributed by atoms with Crippen molar-refractivity contribution in [1.82, 2.24) is 5.32 Å². The molecule has 0 saturated carbocycles. The zero-order valence-electron chi connectivity index (χ0n) is 9.92. The standard InChI is InChI=1S/C13H20BrN/c1-9(2)10(3)15-11(4)12-7-5-6-8-13(12)14/h5-11,15H,1-4H3/t10-,11-/m0/s1. The van der Waals surface area contributed by atoms with Crippen LogP contribution in [0.3, 0.4) is 0 Å². The number of hydrogen-bond acceptors (Lipinski definition) is 1. The quantitative estimate of drug-likeness (QED) is 0.866. The lowest BCUT2D eigenvalue weighted by Crippen LogP contribution is -2.33. The highest BCUT2D eigenvalue weighted by atomic mass is 79.9. The van der Waals surface area contributed by atoms with Gasteiger partial charge in [-0.1, -0.05) is 48.0 Å². The van der Waals surface area contributed by atoms with Crippen LogP contribution in [0.4, 0.5) is 0 Å². The first-order chi connectivity index (χ1) is 7.02. The first-order valence-corrected chi connectivity index (χ1v) is 6.32. The van der Waals surface area contributed by atoms with E-state index in [2.05, 4.69) is 67.1 Å². The molecular weight excluding hydrogens is 250 g/mol. The molecule has 0 bridgehead atoms. The predicted molar refractivity (Wildman–Crippen MR) is 70.0 cm³/mol. The summed E-state index contributed by atoms with van der Waals surface area (Å²) in [4.78, 5) is 0. The van der Waals surface area contributed by atoms with Crippen molar-refractivity contribution in [1.29, 1.82) is 0 Å². The van der Waals surface area contributed by atoms with Crippen LogP contribution in [0.15, 0.2) is 28.7 Å². The van der Waals surface area contributed by atoms with E-state index in [0.717, 1.165) is 0 Å². The first kappa shape index (κ1) is 12.7. The van der Waals surface area contributed by atoms with E-state index >= 15 is 0 Å². The van der Waals surface area contributed by atoms with Crippen LogP contribution < -0.4 is 5.32 Å². The fourth-order valence-electron chi connectivity index (χ4n) is 1.50. The topological polar surface area (TPSA) is 12.0 Å². The van der Waals surface area contributed by atoms with E-state index in [0.29, 0.717) is 18.0 Å². The van der Waals surface area contributed by atoms with Crippen molar-refractivity contribution in [3.63, 3.8) is 0 Å². The maximum atomic E-state index is 3.61. The maximum Gasteiger partial charge on any atom is 0.0305 e. The van der Waals surface area contributed by atoms with Crippen molar-refractivity contribution in [3.8, 4) is 0 Å². The second-order valence-corrected chi connectivity index (χ2v) is 5.30. The molecular formula is C13H20BrN.